The molecule has 96 valence electrons. The number of halogens is 1. The number of aromatic nitrogens is 3. The molecular formula is C13H17ClN4. The van der Waals surface area contributed by atoms with E-state index >= 15 is 0 Å². The van der Waals surface area contributed by atoms with Gasteiger partial charge in [0, 0.05) is 19.3 Å². The molecule has 2 aromatic rings. The van der Waals surface area contributed by atoms with Gasteiger partial charge in [-0.05, 0) is 30.5 Å². The lowest BCUT2D eigenvalue weighted by atomic mass is 9.95. The Labute approximate surface area is 111 Å². The van der Waals surface area contributed by atoms with Crippen molar-refractivity contribution in [3.63, 3.8) is 0 Å². The smallest absolute Gasteiger partial charge is 0.226 e. The van der Waals surface area contributed by atoms with Crippen molar-refractivity contribution < 1.29 is 0 Å². The highest BCUT2D eigenvalue weighted by molar-refractivity contribution is 6.28. The van der Waals surface area contributed by atoms with Crippen molar-refractivity contribution in [1.82, 2.24) is 14.5 Å². The van der Waals surface area contributed by atoms with E-state index in [0.717, 1.165) is 16.9 Å². The lowest BCUT2D eigenvalue weighted by Crippen LogP contribution is -2.23. The molecular weight excluding hydrogens is 248 g/mol. The predicted octanol–water partition coefficient (Wildman–Crippen LogP) is 3.37. The van der Waals surface area contributed by atoms with Crippen LogP contribution in [-0.4, -0.2) is 20.6 Å². The summed E-state index contributed by atoms with van der Waals surface area (Å²) in [6.07, 6.45) is 8.37. The van der Waals surface area contributed by atoms with Gasteiger partial charge in [0.15, 0.2) is 0 Å². The average molecular weight is 265 g/mol. The summed E-state index contributed by atoms with van der Waals surface area (Å²) in [7, 11) is 1.97. The van der Waals surface area contributed by atoms with E-state index in [9.17, 15) is 0 Å². The molecule has 1 aliphatic carbocycles. The van der Waals surface area contributed by atoms with Crippen LogP contribution in [0, 0.1) is 0 Å². The van der Waals surface area contributed by atoms with Crippen LogP contribution in [0.2, 0.25) is 5.28 Å². The second-order valence-electron chi connectivity index (χ2n) is 4.98. The highest BCUT2D eigenvalue weighted by atomic mass is 35.5. The molecule has 2 heterocycles. The minimum Gasteiger partial charge on any atom is -0.367 e. The van der Waals surface area contributed by atoms with Gasteiger partial charge in [0.1, 0.15) is 11.5 Å². The lowest BCUT2D eigenvalue weighted by Gasteiger charge is -2.23. The minimum absolute atomic E-state index is 0.308. The first-order valence-electron chi connectivity index (χ1n) is 6.49. The van der Waals surface area contributed by atoms with Gasteiger partial charge in [-0.25, -0.2) is 4.98 Å². The van der Waals surface area contributed by atoms with Gasteiger partial charge in [-0.2, -0.15) is 4.98 Å². The second kappa shape index (κ2) is 4.76. The number of anilines is 1. The van der Waals surface area contributed by atoms with Gasteiger partial charge in [-0.15, -0.1) is 0 Å². The van der Waals surface area contributed by atoms with E-state index in [0.29, 0.717) is 11.3 Å². The van der Waals surface area contributed by atoms with Gasteiger partial charge >= 0.3 is 0 Å². The van der Waals surface area contributed by atoms with E-state index in [1.165, 1.54) is 32.1 Å². The van der Waals surface area contributed by atoms with Crippen molar-refractivity contribution in [2.45, 2.75) is 38.1 Å². The quantitative estimate of drug-likeness (QED) is 0.846. The van der Waals surface area contributed by atoms with Crippen LogP contribution in [0.1, 0.15) is 32.1 Å². The number of aryl methyl sites for hydroxylation is 1. The molecule has 0 aliphatic heterocycles. The van der Waals surface area contributed by atoms with Crippen LogP contribution in [0.25, 0.3) is 11.0 Å². The molecule has 1 aliphatic rings. The Hall–Kier alpha value is -1.29. The van der Waals surface area contributed by atoms with E-state index in [1.54, 1.807) is 0 Å². The van der Waals surface area contributed by atoms with Crippen molar-refractivity contribution in [1.29, 1.82) is 0 Å². The Morgan fingerprint density at radius 3 is 2.83 bits per heavy atom. The fraction of sp³-hybridized carbons (Fsp3) is 0.538. The Kier molecular flexibility index (Phi) is 3.12. The lowest BCUT2D eigenvalue weighted by molar-refractivity contribution is 0.462. The summed E-state index contributed by atoms with van der Waals surface area (Å²) in [6, 6.07) is 2.56. The van der Waals surface area contributed by atoms with Crippen LogP contribution in [0.4, 0.5) is 5.82 Å². The third-order valence-electron chi connectivity index (χ3n) is 3.64. The van der Waals surface area contributed by atoms with Gasteiger partial charge in [0.25, 0.3) is 0 Å². The van der Waals surface area contributed by atoms with Crippen LogP contribution in [0.5, 0.6) is 0 Å². The summed E-state index contributed by atoms with van der Waals surface area (Å²) < 4.78 is 1.97. The van der Waals surface area contributed by atoms with Gasteiger partial charge in [-0.1, -0.05) is 19.3 Å². The molecule has 4 nitrogen and oxygen atoms in total. The zero-order valence-corrected chi connectivity index (χ0v) is 11.2. The molecule has 0 bridgehead atoms. The van der Waals surface area contributed by atoms with Gasteiger partial charge in [0.05, 0.1) is 5.39 Å². The maximum Gasteiger partial charge on any atom is 0.226 e. The summed E-state index contributed by atoms with van der Waals surface area (Å²) >= 11 is 5.99. The molecule has 0 unspecified atom stereocenters. The molecule has 3 rings (SSSR count). The Morgan fingerprint density at radius 1 is 1.28 bits per heavy atom. The van der Waals surface area contributed by atoms with E-state index in [4.69, 9.17) is 11.6 Å². The molecule has 0 atom stereocenters. The SMILES string of the molecule is Cn1ccc2c(NC3CCCCC3)nc(Cl)nc21. The van der Waals surface area contributed by atoms with Crippen molar-refractivity contribution in [2.24, 2.45) is 7.05 Å². The molecule has 0 aromatic carbocycles. The molecule has 0 amide bonds. The van der Waals surface area contributed by atoms with Crippen LogP contribution in [-0.2, 0) is 7.05 Å². The summed E-state index contributed by atoms with van der Waals surface area (Å²) in [5.74, 6) is 0.873. The Balaban J connectivity index is 1.94. The number of rotatable bonds is 2. The number of nitrogens with zero attached hydrogens (tertiary/aromatic N) is 3. The predicted molar refractivity (Wildman–Crippen MR) is 74.0 cm³/mol. The topological polar surface area (TPSA) is 42.7 Å². The summed E-state index contributed by atoms with van der Waals surface area (Å²) in [6.45, 7) is 0. The molecule has 1 saturated carbocycles. The highest BCUT2D eigenvalue weighted by Crippen LogP contribution is 2.26. The Bertz CT molecular complexity index is 557. The molecule has 18 heavy (non-hydrogen) atoms. The van der Waals surface area contributed by atoms with Crippen LogP contribution in [0.15, 0.2) is 12.3 Å². The zero-order chi connectivity index (χ0) is 12.5. The molecule has 0 spiro atoms. The number of hydrogen-bond acceptors (Lipinski definition) is 3. The molecule has 1 N–H and O–H groups in total. The van der Waals surface area contributed by atoms with E-state index in [1.807, 2.05) is 23.9 Å². The first-order chi connectivity index (χ1) is 8.74. The fourth-order valence-electron chi connectivity index (χ4n) is 2.66. The first-order valence-corrected chi connectivity index (χ1v) is 6.87. The van der Waals surface area contributed by atoms with Crippen molar-refractivity contribution in [3.8, 4) is 0 Å². The zero-order valence-electron chi connectivity index (χ0n) is 10.5. The van der Waals surface area contributed by atoms with Crippen molar-refractivity contribution in [2.75, 3.05) is 5.32 Å². The van der Waals surface area contributed by atoms with E-state index in [2.05, 4.69) is 15.3 Å². The third kappa shape index (κ3) is 2.17. The summed E-state index contributed by atoms with van der Waals surface area (Å²) in [5, 5.41) is 4.89. The monoisotopic (exact) mass is 264 g/mol. The fourth-order valence-corrected chi connectivity index (χ4v) is 2.83. The van der Waals surface area contributed by atoms with Crippen molar-refractivity contribution in [3.05, 3.63) is 17.5 Å². The van der Waals surface area contributed by atoms with E-state index in [-0.39, 0.29) is 0 Å². The maximum atomic E-state index is 5.99. The molecule has 1 fully saturated rings. The Morgan fingerprint density at radius 2 is 2.06 bits per heavy atom. The normalized spacial score (nSPS) is 17.2. The van der Waals surface area contributed by atoms with Gasteiger partial charge in [0.2, 0.25) is 5.28 Å². The van der Waals surface area contributed by atoms with Crippen LogP contribution >= 0.6 is 11.6 Å². The number of nitrogens with one attached hydrogen (secondary N) is 1. The molecule has 2 aromatic heterocycles. The van der Waals surface area contributed by atoms with Gasteiger partial charge in [-0.3, -0.25) is 0 Å². The summed E-state index contributed by atoms with van der Waals surface area (Å²) in [5.41, 5.74) is 0.883. The van der Waals surface area contributed by atoms with Gasteiger partial charge < -0.3 is 9.88 Å². The van der Waals surface area contributed by atoms with Crippen LogP contribution in [0.3, 0.4) is 0 Å². The van der Waals surface area contributed by atoms with E-state index < -0.39 is 0 Å². The molecule has 0 saturated heterocycles. The molecule has 5 heteroatoms. The molecule has 0 radical (unpaired) electrons. The average Bonchev–Trinajstić information content (AvgIpc) is 2.73. The van der Waals surface area contributed by atoms with Crippen LogP contribution < -0.4 is 5.32 Å². The third-order valence-corrected chi connectivity index (χ3v) is 3.81. The second-order valence-corrected chi connectivity index (χ2v) is 5.32. The summed E-state index contributed by atoms with van der Waals surface area (Å²) in [4.78, 5) is 8.60. The number of hydrogen-bond donors (Lipinski definition) is 1. The first kappa shape index (κ1) is 11.8. The standard InChI is InChI=1S/C13H17ClN4/c1-18-8-7-10-11(16-13(14)17-12(10)18)15-9-5-3-2-4-6-9/h7-9H,2-6H2,1H3,(H,15,16,17). The minimum atomic E-state index is 0.308. The highest BCUT2D eigenvalue weighted by Gasteiger charge is 2.16. The van der Waals surface area contributed by atoms with Crippen molar-refractivity contribution >= 4 is 28.5 Å². The largest absolute Gasteiger partial charge is 0.367 e. The maximum absolute atomic E-state index is 5.99. The number of fused-ring (bicyclic) bond motifs is 1.